The summed E-state index contributed by atoms with van der Waals surface area (Å²) in [5.41, 5.74) is 0.977. The summed E-state index contributed by atoms with van der Waals surface area (Å²) in [5.74, 6) is -0.767. The van der Waals surface area contributed by atoms with Crippen molar-refractivity contribution in [2.45, 2.75) is 76.7 Å². The Kier molecular flexibility index (Phi) is 7.23. The van der Waals surface area contributed by atoms with Crippen molar-refractivity contribution in [2.75, 3.05) is 19.7 Å². The van der Waals surface area contributed by atoms with Crippen LogP contribution in [0.1, 0.15) is 73.6 Å². The lowest BCUT2D eigenvalue weighted by molar-refractivity contribution is -0.127. The number of ether oxygens (including phenoxy) is 1. The molecule has 0 bridgehead atoms. The van der Waals surface area contributed by atoms with Crippen LogP contribution >= 0.6 is 0 Å². The standard InChI is InChI=1S/C21H33N3O5S/c1-4-29-21(26)18-14(2)22-15(3)19(18)30(27,28)24-12-10-16(11-13-24)20(25)23-17-8-6-5-7-9-17/h16-17,22H,4-13H2,1-3H3,(H,23,25). The molecule has 2 fully saturated rings. The number of sulfonamides is 1. The number of amides is 1. The number of aromatic amines is 1. The maximum atomic E-state index is 13.3. The van der Waals surface area contributed by atoms with Gasteiger partial charge < -0.3 is 15.0 Å². The van der Waals surface area contributed by atoms with Gasteiger partial charge in [-0.2, -0.15) is 4.31 Å². The molecule has 0 atom stereocenters. The average molecular weight is 440 g/mol. The van der Waals surface area contributed by atoms with E-state index in [1.807, 2.05) is 0 Å². The van der Waals surface area contributed by atoms with Crippen LogP contribution in [0.25, 0.3) is 0 Å². The number of nitrogens with one attached hydrogen (secondary N) is 2. The smallest absolute Gasteiger partial charge is 0.341 e. The van der Waals surface area contributed by atoms with E-state index in [1.54, 1.807) is 20.8 Å². The second-order valence-corrected chi connectivity index (χ2v) is 10.2. The van der Waals surface area contributed by atoms with E-state index >= 15 is 0 Å². The van der Waals surface area contributed by atoms with Crippen molar-refractivity contribution >= 4 is 21.9 Å². The Hall–Kier alpha value is -1.87. The highest BCUT2D eigenvalue weighted by Crippen LogP contribution is 2.30. The Bertz CT molecular complexity index is 879. The van der Waals surface area contributed by atoms with Crippen molar-refractivity contribution in [3.63, 3.8) is 0 Å². The summed E-state index contributed by atoms with van der Waals surface area (Å²) in [6.45, 7) is 5.69. The number of hydrogen-bond acceptors (Lipinski definition) is 5. The summed E-state index contributed by atoms with van der Waals surface area (Å²) < 4.78 is 33.1. The van der Waals surface area contributed by atoms with Gasteiger partial charge in [0.15, 0.2) is 0 Å². The van der Waals surface area contributed by atoms with E-state index in [2.05, 4.69) is 10.3 Å². The molecule has 0 radical (unpaired) electrons. The first-order chi connectivity index (χ1) is 14.3. The Balaban J connectivity index is 1.69. The molecule has 0 aromatic carbocycles. The van der Waals surface area contributed by atoms with Crippen molar-refractivity contribution in [3.05, 3.63) is 17.0 Å². The first kappa shape index (κ1) is 22.8. The molecule has 0 spiro atoms. The van der Waals surface area contributed by atoms with Crippen LogP contribution < -0.4 is 5.32 Å². The lowest BCUT2D eigenvalue weighted by Crippen LogP contribution is -2.45. The van der Waals surface area contributed by atoms with Gasteiger partial charge in [0, 0.05) is 36.4 Å². The Morgan fingerprint density at radius 1 is 1.07 bits per heavy atom. The molecule has 30 heavy (non-hydrogen) atoms. The third kappa shape index (κ3) is 4.72. The predicted molar refractivity (Wildman–Crippen MR) is 113 cm³/mol. The average Bonchev–Trinajstić information content (AvgIpc) is 3.03. The van der Waals surface area contributed by atoms with Crippen molar-refractivity contribution in [2.24, 2.45) is 5.92 Å². The molecule has 1 aromatic heterocycles. The third-order valence-corrected chi connectivity index (χ3v) is 8.24. The highest BCUT2D eigenvalue weighted by atomic mass is 32.2. The normalized spacial score (nSPS) is 19.6. The van der Waals surface area contributed by atoms with Gasteiger partial charge in [0.05, 0.1) is 6.61 Å². The van der Waals surface area contributed by atoms with E-state index in [-0.39, 0.29) is 48.0 Å². The van der Waals surface area contributed by atoms with Gasteiger partial charge in [0.1, 0.15) is 10.5 Å². The second-order valence-electron chi connectivity index (χ2n) is 8.32. The maximum absolute atomic E-state index is 13.3. The lowest BCUT2D eigenvalue weighted by atomic mass is 9.93. The van der Waals surface area contributed by atoms with Gasteiger partial charge in [0.25, 0.3) is 0 Å². The van der Waals surface area contributed by atoms with Gasteiger partial charge in [-0.05, 0) is 46.5 Å². The fourth-order valence-electron chi connectivity index (χ4n) is 4.58. The minimum atomic E-state index is -3.87. The number of esters is 1. The van der Waals surface area contributed by atoms with E-state index < -0.39 is 16.0 Å². The molecule has 1 saturated carbocycles. The number of carbonyl (C=O) groups is 2. The molecule has 1 aromatic rings. The SMILES string of the molecule is CCOC(=O)c1c(C)[nH]c(C)c1S(=O)(=O)N1CCC(C(=O)NC2CCCCC2)CC1. The summed E-state index contributed by atoms with van der Waals surface area (Å²) in [7, 11) is -3.87. The fraction of sp³-hybridized carbons (Fsp3) is 0.714. The highest BCUT2D eigenvalue weighted by molar-refractivity contribution is 7.89. The number of H-pyrrole nitrogens is 1. The summed E-state index contributed by atoms with van der Waals surface area (Å²) in [6, 6.07) is 0.255. The van der Waals surface area contributed by atoms with Crippen LogP contribution in [0.4, 0.5) is 0 Å². The molecule has 1 aliphatic heterocycles. The first-order valence-electron chi connectivity index (χ1n) is 10.9. The highest BCUT2D eigenvalue weighted by Gasteiger charge is 2.37. The van der Waals surface area contributed by atoms with E-state index in [4.69, 9.17) is 4.74 Å². The predicted octanol–water partition coefficient (Wildman–Crippen LogP) is 2.66. The zero-order valence-corrected chi connectivity index (χ0v) is 18.9. The molecular formula is C21H33N3O5S. The van der Waals surface area contributed by atoms with Crippen molar-refractivity contribution in [3.8, 4) is 0 Å². The summed E-state index contributed by atoms with van der Waals surface area (Å²) in [6.07, 6.45) is 6.56. The Morgan fingerprint density at radius 3 is 2.30 bits per heavy atom. The van der Waals surface area contributed by atoms with Crippen LogP contribution in [0, 0.1) is 19.8 Å². The van der Waals surface area contributed by atoms with Gasteiger partial charge in [-0.15, -0.1) is 0 Å². The van der Waals surface area contributed by atoms with Crippen LogP contribution in [0.5, 0.6) is 0 Å². The molecule has 2 N–H and O–H groups in total. The fourth-order valence-corrected chi connectivity index (χ4v) is 6.47. The molecule has 9 heteroatoms. The topological polar surface area (TPSA) is 109 Å². The number of hydrogen-bond donors (Lipinski definition) is 2. The van der Waals surface area contributed by atoms with Gasteiger partial charge >= 0.3 is 5.97 Å². The molecule has 1 amide bonds. The molecule has 8 nitrogen and oxygen atoms in total. The molecule has 0 unspecified atom stereocenters. The van der Waals surface area contributed by atoms with Crippen molar-refractivity contribution in [1.29, 1.82) is 0 Å². The number of rotatable bonds is 6. The molecule has 2 heterocycles. The van der Waals surface area contributed by atoms with Gasteiger partial charge in [-0.3, -0.25) is 4.79 Å². The quantitative estimate of drug-likeness (QED) is 0.663. The van der Waals surface area contributed by atoms with Crippen LogP contribution in [0.15, 0.2) is 4.90 Å². The zero-order valence-electron chi connectivity index (χ0n) is 18.1. The van der Waals surface area contributed by atoms with E-state index in [0.717, 1.165) is 25.7 Å². The number of carbonyl (C=O) groups excluding carboxylic acids is 2. The Labute approximate surface area is 178 Å². The minimum Gasteiger partial charge on any atom is -0.462 e. The maximum Gasteiger partial charge on any atom is 0.341 e. The molecule has 1 saturated heterocycles. The van der Waals surface area contributed by atoms with Gasteiger partial charge in [0.2, 0.25) is 15.9 Å². The zero-order chi connectivity index (χ0) is 21.9. The number of piperidine rings is 1. The molecular weight excluding hydrogens is 406 g/mol. The lowest BCUT2D eigenvalue weighted by Gasteiger charge is -2.32. The number of nitrogens with zero attached hydrogens (tertiary/aromatic N) is 1. The van der Waals surface area contributed by atoms with E-state index in [9.17, 15) is 18.0 Å². The van der Waals surface area contributed by atoms with Crippen molar-refractivity contribution < 1.29 is 22.7 Å². The van der Waals surface area contributed by atoms with Gasteiger partial charge in [-0.25, -0.2) is 13.2 Å². The molecule has 3 rings (SSSR count). The van der Waals surface area contributed by atoms with Gasteiger partial charge in [-0.1, -0.05) is 19.3 Å². The van der Waals surface area contributed by atoms with Crippen LogP contribution in [-0.2, 0) is 19.6 Å². The summed E-state index contributed by atoms with van der Waals surface area (Å²) in [5, 5.41) is 3.15. The van der Waals surface area contributed by atoms with Crippen LogP contribution in [0.3, 0.4) is 0 Å². The van der Waals surface area contributed by atoms with E-state index in [0.29, 0.717) is 24.2 Å². The molecule has 1 aliphatic carbocycles. The summed E-state index contributed by atoms with van der Waals surface area (Å²) >= 11 is 0. The largest absolute Gasteiger partial charge is 0.462 e. The van der Waals surface area contributed by atoms with Crippen molar-refractivity contribution in [1.82, 2.24) is 14.6 Å². The number of aryl methyl sites for hydroxylation is 2. The van der Waals surface area contributed by atoms with Crippen LogP contribution in [-0.4, -0.2) is 55.3 Å². The summed E-state index contributed by atoms with van der Waals surface area (Å²) in [4.78, 5) is 28.0. The number of aromatic nitrogens is 1. The third-order valence-electron chi connectivity index (χ3n) is 6.17. The monoisotopic (exact) mass is 439 g/mol. The second kappa shape index (κ2) is 9.51. The Morgan fingerprint density at radius 2 is 1.70 bits per heavy atom. The van der Waals surface area contributed by atoms with Crippen LogP contribution in [0.2, 0.25) is 0 Å². The van der Waals surface area contributed by atoms with E-state index in [1.165, 1.54) is 10.7 Å². The first-order valence-corrected chi connectivity index (χ1v) is 12.4. The minimum absolute atomic E-state index is 0.0106. The molecule has 168 valence electrons. The molecule has 2 aliphatic rings.